The molecule has 6 nitrogen and oxygen atoms in total. The number of nitrogens with zero attached hydrogens (tertiary/aromatic N) is 2. The maximum absolute atomic E-state index is 12.4. The molecular weight excluding hydrogens is 270 g/mol. The molecule has 0 spiro atoms. The van der Waals surface area contributed by atoms with E-state index in [-0.39, 0.29) is 35.4 Å². The van der Waals surface area contributed by atoms with Crippen LogP contribution in [0.1, 0.15) is 27.2 Å². The van der Waals surface area contributed by atoms with Gasteiger partial charge in [0.1, 0.15) is 0 Å². The van der Waals surface area contributed by atoms with E-state index < -0.39 is 0 Å². The number of ether oxygens (including phenoxy) is 1. The molecule has 0 radical (unpaired) electrons. The Morgan fingerprint density at radius 2 is 2.14 bits per heavy atom. The Balaban J connectivity index is 1.96. The van der Waals surface area contributed by atoms with Crippen LogP contribution in [0.4, 0.5) is 0 Å². The first-order valence-electron chi connectivity index (χ1n) is 7.52. The van der Waals surface area contributed by atoms with Crippen LogP contribution < -0.4 is 5.32 Å². The smallest absolute Gasteiger partial charge is 0.242 e. The molecule has 1 saturated carbocycles. The summed E-state index contributed by atoms with van der Waals surface area (Å²) >= 11 is 0. The third-order valence-corrected chi connectivity index (χ3v) is 5.60. The summed E-state index contributed by atoms with van der Waals surface area (Å²) in [5.41, 5.74) is -0.295. The molecule has 0 aromatic carbocycles. The number of likely N-dealkylation sites (N-methyl/N-ethyl adjacent to an activating group) is 1. The Hall–Kier alpha value is -1.14. The van der Waals surface area contributed by atoms with Gasteiger partial charge in [-0.2, -0.15) is 0 Å². The van der Waals surface area contributed by atoms with E-state index in [1.807, 2.05) is 7.05 Å². The number of carbonyl (C=O) groups excluding carboxylic acids is 2. The van der Waals surface area contributed by atoms with Gasteiger partial charge in [0, 0.05) is 38.7 Å². The molecule has 2 aliphatic rings. The molecule has 1 heterocycles. The summed E-state index contributed by atoms with van der Waals surface area (Å²) in [4.78, 5) is 27.6. The van der Waals surface area contributed by atoms with Gasteiger partial charge in [0.25, 0.3) is 0 Å². The molecular formula is C15H27N3O3. The van der Waals surface area contributed by atoms with E-state index in [2.05, 4.69) is 26.1 Å². The zero-order valence-corrected chi connectivity index (χ0v) is 13.7. The predicted molar refractivity (Wildman–Crippen MR) is 79.8 cm³/mol. The van der Waals surface area contributed by atoms with E-state index in [1.165, 1.54) is 0 Å². The summed E-state index contributed by atoms with van der Waals surface area (Å²) in [7, 11) is 3.55. The molecule has 1 aliphatic carbocycles. The average molecular weight is 297 g/mol. The second-order valence-corrected chi connectivity index (χ2v) is 6.87. The lowest BCUT2D eigenvalue weighted by atomic mass is 9.55. The SMILES string of the molecule is CO[C@]1(C)C[C@@H](N(C)C(=O)CN2CCNCC2=O)C1(C)C. The highest BCUT2D eigenvalue weighted by Crippen LogP contribution is 2.53. The summed E-state index contributed by atoms with van der Waals surface area (Å²) < 4.78 is 5.61. The van der Waals surface area contributed by atoms with Crippen molar-refractivity contribution in [1.82, 2.24) is 15.1 Å². The van der Waals surface area contributed by atoms with Gasteiger partial charge in [-0.1, -0.05) is 13.8 Å². The van der Waals surface area contributed by atoms with Gasteiger partial charge >= 0.3 is 0 Å². The summed E-state index contributed by atoms with van der Waals surface area (Å²) in [6.07, 6.45) is 0.828. The fourth-order valence-corrected chi connectivity index (χ4v) is 3.34. The largest absolute Gasteiger partial charge is 0.378 e. The van der Waals surface area contributed by atoms with Crippen molar-refractivity contribution in [3.05, 3.63) is 0 Å². The summed E-state index contributed by atoms with van der Waals surface area (Å²) in [5, 5.41) is 3.01. The highest BCUT2D eigenvalue weighted by atomic mass is 16.5. The Labute approximate surface area is 126 Å². The quantitative estimate of drug-likeness (QED) is 0.798. The molecule has 1 saturated heterocycles. The predicted octanol–water partition coefficient (Wildman–Crippen LogP) is 0.0802. The fourth-order valence-electron chi connectivity index (χ4n) is 3.34. The first-order valence-corrected chi connectivity index (χ1v) is 7.52. The standard InChI is InChI=1S/C15H27N3O3/c1-14(2)11(8-15(14,3)21-5)17(4)13(20)10-18-7-6-16-9-12(18)19/h11,16H,6-10H2,1-5H3/t11-,15-/m1/s1. The molecule has 0 unspecified atom stereocenters. The molecule has 1 N–H and O–H groups in total. The second kappa shape index (κ2) is 5.57. The molecule has 0 aromatic rings. The average Bonchev–Trinajstić information content (AvgIpc) is 2.45. The number of hydrogen-bond acceptors (Lipinski definition) is 4. The number of carbonyl (C=O) groups is 2. The molecule has 2 amide bonds. The molecule has 2 rings (SSSR count). The Bertz CT molecular complexity index is 438. The van der Waals surface area contributed by atoms with Gasteiger partial charge in [-0.15, -0.1) is 0 Å². The van der Waals surface area contributed by atoms with Crippen molar-refractivity contribution >= 4 is 11.8 Å². The van der Waals surface area contributed by atoms with Gasteiger partial charge in [0.2, 0.25) is 11.8 Å². The lowest BCUT2D eigenvalue weighted by molar-refractivity contribution is -0.207. The molecule has 0 bridgehead atoms. The van der Waals surface area contributed by atoms with Crippen molar-refractivity contribution in [2.75, 3.05) is 40.3 Å². The van der Waals surface area contributed by atoms with Crippen molar-refractivity contribution in [3.63, 3.8) is 0 Å². The lowest BCUT2D eigenvalue weighted by Crippen LogP contribution is -2.69. The molecule has 1 aliphatic heterocycles. The minimum atomic E-state index is -0.197. The number of amides is 2. The highest BCUT2D eigenvalue weighted by Gasteiger charge is 2.59. The highest BCUT2D eigenvalue weighted by molar-refractivity contribution is 5.86. The van der Waals surface area contributed by atoms with E-state index in [0.717, 1.165) is 13.0 Å². The zero-order valence-electron chi connectivity index (χ0n) is 13.7. The Morgan fingerprint density at radius 1 is 1.48 bits per heavy atom. The third kappa shape index (κ3) is 2.66. The number of nitrogens with one attached hydrogen (secondary N) is 1. The second-order valence-electron chi connectivity index (χ2n) is 6.87. The van der Waals surface area contributed by atoms with E-state index in [1.54, 1.807) is 16.9 Å². The lowest BCUT2D eigenvalue weighted by Gasteiger charge is -2.61. The molecule has 2 fully saturated rings. The minimum absolute atomic E-state index is 0.00137. The van der Waals surface area contributed by atoms with E-state index in [9.17, 15) is 9.59 Å². The van der Waals surface area contributed by atoms with Crippen LogP contribution in [0.2, 0.25) is 0 Å². The minimum Gasteiger partial charge on any atom is -0.378 e. The molecule has 21 heavy (non-hydrogen) atoms. The van der Waals surface area contributed by atoms with Crippen molar-refractivity contribution in [2.24, 2.45) is 5.41 Å². The maximum atomic E-state index is 12.4. The van der Waals surface area contributed by atoms with Crippen molar-refractivity contribution in [1.29, 1.82) is 0 Å². The number of methoxy groups -OCH3 is 1. The maximum Gasteiger partial charge on any atom is 0.242 e. The van der Waals surface area contributed by atoms with Crippen molar-refractivity contribution in [2.45, 2.75) is 38.8 Å². The van der Waals surface area contributed by atoms with Gasteiger partial charge in [-0.05, 0) is 13.3 Å². The third-order valence-electron chi connectivity index (χ3n) is 5.60. The summed E-state index contributed by atoms with van der Waals surface area (Å²) in [5.74, 6) is -0.000854. The van der Waals surface area contributed by atoms with Gasteiger partial charge in [0.15, 0.2) is 0 Å². The van der Waals surface area contributed by atoms with Crippen molar-refractivity contribution in [3.8, 4) is 0 Å². The van der Waals surface area contributed by atoms with Crippen LogP contribution in [-0.2, 0) is 14.3 Å². The molecule has 2 atom stereocenters. The number of rotatable bonds is 4. The zero-order chi connectivity index (χ0) is 15.8. The van der Waals surface area contributed by atoms with Crippen LogP contribution in [0.3, 0.4) is 0 Å². The van der Waals surface area contributed by atoms with Crippen LogP contribution in [0.25, 0.3) is 0 Å². The van der Waals surface area contributed by atoms with Gasteiger partial charge in [-0.25, -0.2) is 0 Å². The Morgan fingerprint density at radius 3 is 2.67 bits per heavy atom. The van der Waals surface area contributed by atoms with Gasteiger partial charge in [0.05, 0.1) is 18.7 Å². The number of hydrogen-bond donors (Lipinski definition) is 1. The van der Waals surface area contributed by atoms with Crippen LogP contribution in [0.5, 0.6) is 0 Å². The molecule has 0 aromatic heterocycles. The number of piperazine rings is 1. The van der Waals surface area contributed by atoms with E-state index >= 15 is 0 Å². The topological polar surface area (TPSA) is 61.9 Å². The Kier molecular flexibility index (Phi) is 4.31. The van der Waals surface area contributed by atoms with Crippen LogP contribution >= 0.6 is 0 Å². The first kappa shape index (κ1) is 16.2. The summed E-state index contributed by atoms with van der Waals surface area (Å²) in [6.45, 7) is 8.19. The fraction of sp³-hybridized carbons (Fsp3) is 0.867. The molecule has 6 heteroatoms. The van der Waals surface area contributed by atoms with Crippen LogP contribution in [-0.4, -0.2) is 73.6 Å². The van der Waals surface area contributed by atoms with Gasteiger partial charge < -0.3 is 19.9 Å². The first-order chi connectivity index (χ1) is 9.73. The molecule has 120 valence electrons. The van der Waals surface area contributed by atoms with Gasteiger partial charge in [-0.3, -0.25) is 9.59 Å². The van der Waals surface area contributed by atoms with Crippen molar-refractivity contribution < 1.29 is 14.3 Å². The van der Waals surface area contributed by atoms with E-state index in [4.69, 9.17) is 4.74 Å². The monoisotopic (exact) mass is 297 g/mol. The van der Waals surface area contributed by atoms with E-state index in [0.29, 0.717) is 13.1 Å². The summed E-state index contributed by atoms with van der Waals surface area (Å²) in [6, 6.07) is 0.146. The normalized spacial score (nSPS) is 31.8. The van der Waals surface area contributed by atoms with Crippen LogP contribution in [0.15, 0.2) is 0 Å². The van der Waals surface area contributed by atoms with Crippen LogP contribution in [0, 0.1) is 5.41 Å².